The fraction of sp³-hybridized carbons (Fsp3) is 0.538. The number of anilines is 2. The van der Waals surface area contributed by atoms with E-state index in [2.05, 4.69) is 65.5 Å². The van der Waals surface area contributed by atoms with Gasteiger partial charge in [-0.3, -0.25) is 9.80 Å². The number of hydrogen-bond acceptors (Lipinski definition) is 4. The average Bonchev–Trinajstić information content (AvgIpc) is 2.79. The lowest BCUT2D eigenvalue weighted by atomic mass is 9.91. The Morgan fingerprint density at radius 1 is 0.812 bits per heavy atom. The summed E-state index contributed by atoms with van der Waals surface area (Å²) in [5, 5.41) is 0.832. The van der Waals surface area contributed by atoms with Crippen LogP contribution in [-0.4, -0.2) is 68.2 Å². The molecule has 0 spiro atoms. The van der Waals surface area contributed by atoms with Gasteiger partial charge in [-0.2, -0.15) is 0 Å². The Labute approximate surface area is 197 Å². The van der Waals surface area contributed by atoms with Gasteiger partial charge in [-0.25, -0.2) is 4.39 Å². The molecule has 0 radical (unpaired) electrons. The van der Waals surface area contributed by atoms with Crippen LogP contribution in [0.15, 0.2) is 42.5 Å². The van der Waals surface area contributed by atoms with Crippen molar-refractivity contribution in [2.45, 2.75) is 39.3 Å². The topological polar surface area (TPSA) is 13.0 Å². The Morgan fingerprint density at radius 2 is 1.41 bits per heavy atom. The van der Waals surface area contributed by atoms with E-state index >= 15 is 0 Å². The van der Waals surface area contributed by atoms with Crippen molar-refractivity contribution in [1.82, 2.24) is 9.80 Å². The van der Waals surface area contributed by atoms with E-state index in [1.807, 2.05) is 12.1 Å². The summed E-state index contributed by atoms with van der Waals surface area (Å²) < 4.78 is 14.2. The van der Waals surface area contributed by atoms with E-state index in [4.69, 9.17) is 11.6 Å². The second kappa shape index (κ2) is 9.58. The van der Waals surface area contributed by atoms with E-state index in [0.717, 1.165) is 63.1 Å². The molecule has 2 aliphatic rings. The average molecular weight is 459 g/mol. The van der Waals surface area contributed by atoms with E-state index in [0.29, 0.717) is 11.7 Å². The minimum absolute atomic E-state index is 0.139. The molecule has 4 nitrogen and oxygen atoms in total. The van der Waals surface area contributed by atoms with Crippen molar-refractivity contribution in [3.05, 3.63) is 58.9 Å². The first-order valence-corrected chi connectivity index (χ1v) is 12.2. The zero-order valence-electron chi connectivity index (χ0n) is 19.8. The van der Waals surface area contributed by atoms with E-state index < -0.39 is 0 Å². The van der Waals surface area contributed by atoms with Crippen LogP contribution in [0.2, 0.25) is 5.02 Å². The third kappa shape index (κ3) is 4.75. The van der Waals surface area contributed by atoms with Gasteiger partial charge in [-0.1, -0.05) is 29.8 Å². The molecule has 4 rings (SSSR count). The van der Waals surface area contributed by atoms with Crippen molar-refractivity contribution in [3.63, 3.8) is 0 Å². The molecular weight excluding hydrogens is 423 g/mol. The Hall–Kier alpha value is -1.82. The highest BCUT2D eigenvalue weighted by Gasteiger charge is 2.33. The van der Waals surface area contributed by atoms with Crippen molar-refractivity contribution < 1.29 is 4.39 Å². The standard InChI is InChI=1S/C26H36ClFN4/c1-20(2)29-11-13-30(14-12-29)24-10-9-21(19-22(24)27)26(3,4)32-17-15-31(16-18-32)25-8-6-5-7-23(25)28/h5-10,19-20H,11-18H2,1-4H3. The van der Waals surface area contributed by atoms with Crippen LogP contribution in [-0.2, 0) is 5.54 Å². The van der Waals surface area contributed by atoms with Gasteiger partial charge < -0.3 is 9.80 Å². The quantitative estimate of drug-likeness (QED) is 0.620. The molecule has 2 aromatic rings. The Balaban J connectivity index is 1.42. The minimum Gasteiger partial charge on any atom is -0.368 e. The molecule has 0 N–H and O–H groups in total. The lowest BCUT2D eigenvalue weighted by Crippen LogP contribution is -2.53. The van der Waals surface area contributed by atoms with Crippen molar-refractivity contribution >= 4 is 23.0 Å². The van der Waals surface area contributed by atoms with Crippen LogP contribution in [0.5, 0.6) is 0 Å². The van der Waals surface area contributed by atoms with E-state index in [-0.39, 0.29) is 11.4 Å². The molecule has 0 saturated carbocycles. The summed E-state index contributed by atoms with van der Waals surface area (Å²) in [4.78, 5) is 9.56. The van der Waals surface area contributed by atoms with E-state index in [9.17, 15) is 4.39 Å². The third-order valence-electron chi connectivity index (χ3n) is 7.30. The Kier molecular flexibility index (Phi) is 6.99. The number of nitrogens with zero attached hydrogens (tertiary/aromatic N) is 4. The molecule has 2 fully saturated rings. The maximum absolute atomic E-state index is 14.2. The molecule has 0 aromatic heterocycles. The first-order chi connectivity index (χ1) is 15.3. The number of halogens is 2. The Morgan fingerprint density at radius 3 is 2.00 bits per heavy atom. The number of piperazine rings is 2. The van der Waals surface area contributed by atoms with Gasteiger partial charge in [0.1, 0.15) is 5.82 Å². The molecule has 2 aromatic carbocycles. The van der Waals surface area contributed by atoms with Crippen molar-refractivity contribution in [3.8, 4) is 0 Å². The summed E-state index contributed by atoms with van der Waals surface area (Å²) in [6.07, 6.45) is 0. The molecule has 6 heteroatoms. The molecule has 0 aliphatic carbocycles. The highest BCUT2D eigenvalue weighted by atomic mass is 35.5. The molecule has 0 atom stereocenters. The minimum atomic E-state index is -0.142. The van der Waals surface area contributed by atoms with Gasteiger partial charge in [0.15, 0.2) is 0 Å². The van der Waals surface area contributed by atoms with Crippen LogP contribution in [0, 0.1) is 5.82 Å². The van der Waals surface area contributed by atoms with Crippen LogP contribution < -0.4 is 9.80 Å². The lowest BCUT2D eigenvalue weighted by molar-refractivity contribution is 0.111. The maximum atomic E-state index is 14.2. The molecular formula is C26H36ClFN4. The van der Waals surface area contributed by atoms with Gasteiger partial charge in [0, 0.05) is 63.9 Å². The fourth-order valence-electron chi connectivity index (χ4n) is 5.02. The summed E-state index contributed by atoms with van der Waals surface area (Å²) in [5.74, 6) is -0.142. The molecule has 0 amide bonds. The molecule has 2 saturated heterocycles. The lowest BCUT2D eigenvalue weighted by Gasteiger charge is -2.45. The zero-order chi connectivity index (χ0) is 22.9. The molecule has 32 heavy (non-hydrogen) atoms. The maximum Gasteiger partial charge on any atom is 0.146 e. The molecule has 174 valence electrons. The van der Waals surface area contributed by atoms with Gasteiger partial charge in [-0.05, 0) is 57.5 Å². The molecule has 2 aliphatic heterocycles. The Bertz CT molecular complexity index is 916. The number of para-hydroxylation sites is 1. The van der Waals surface area contributed by atoms with Crippen LogP contribution in [0.1, 0.15) is 33.3 Å². The summed E-state index contributed by atoms with van der Waals surface area (Å²) in [6.45, 7) is 16.6. The van der Waals surface area contributed by atoms with Crippen molar-refractivity contribution in [1.29, 1.82) is 0 Å². The first kappa shape index (κ1) is 23.3. The predicted molar refractivity (Wildman–Crippen MR) is 134 cm³/mol. The van der Waals surface area contributed by atoms with Gasteiger partial charge in [0.25, 0.3) is 0 Å². The smallest absolute Gasteiger partial charge is 0.146 e. The summed E-state index contributed by atoms with van der Waals surface area (Å²) in [7, 11) is 0. The van der Waals surface area contributed by atoms with Gasteiger partial charge in [-0.15, -0.1) is 0 Å². The number of hydrogen-bond donors (Lipinski definition) is 0. The predicted octanol–water partition coefficient (Wildman–Crippen LogP) is 5.07. The second-order valence-electron chi connectivity index (χ2n) is 9.77. The normalized spacial score (nSPS) is 19.1. The van der Waals surface area contributed by atoms with Crippen molar-refractivity contribution in [2.75, 3.05) is 62.2 Å². The number of rotatable bonds is 5. The van der Waals surface area contributed by atoms with Crippen LogP contribution in [0.3, 0.4) is 0 Å². The first-order valence-electron chi connectivity index (χ1n) is 11.8. The van der Waals surface area contributed by atoms with Crippen LogP contribution in [0.4, 0.5) is 15.8 Å². The van der Waals surface area contributed by atoms with Crippen LogP contribution >= 0.6 is 11.6 Å². The number of benzene rings is 2. The van der Waals surface area contributed by atoms with Crippen LogP contribution in [0.25, 0.3) is 0 Å². The molecule has 0 bridgehead atoms. The van der Waals surface area contributed by atoms with Gasteiger partial charge in [0.2, 0.25) is 0 Å². The SMILES string of the molecule is CC(C)N1CCN(c2ccc(C(C)(C)N3CCN(c4ccccc4F)CC3)cc2Cl)CC1. The highest BCUT2D eigenvalue weighted by molar-refractivity contribution is 6.33. The van der Waals surface area contributed by atoms with E-state index in [1.54, 1.807) is 6.07 Å². The fourth-order valence-corrected chi connectivity index (χ4v) is 5.32. The zero-order valence-corrected chi connectivity index (χ0v) is 20.6. The second-order valence-corrected chi connectivity index (χ2v) is 10.2. The van der Waals surface area contributed by atoms with E-state index in [1.165, 1.54) is 11.6 Å². The van der Waals surface area contributed by atoms with Gasteiger partial charge >= 0.3 is 0 Å². The monoisotopic (exact) mass is 458 g/mol. The summed E-state index contributed by atoms with van der Waals surface area (Å²) >= 11 is 6.80. The third-order valence-corrected chi connectivity index (χ3v) is 7.61. The molecule has 2 heterocycles. The summed E-state index contributed by atoms with van der Waals surface area (Å²) in [6, 6.07) is 14.2. The molecule has 0 unspecified atom stereocenters. The highest BCUT2D eigenvalue weighted by Crippen LogP contribution is 2.35. The van der Waals surface area contributed by atoms with Gasteiger partial charge in [0.05, 0.1) is 16.4 Å². The summed E-state index contributed by atoms with van der Waals surface area (Å²) in [5.41, 5.74) is 2.93. The largest absolute Gasteiger partial charge is 0.368 e. The van der Waals surface area contributed by atoms with Crippen molar-refractivity contribution in [2.24, 2.45) is 0 Å².